The van der Waals surface area contributed by atoms with Crippen molar-refractivity contribution in [3.8, 4) is 0 Å². The van der Waals surface area contributed by atoms with E-state index in [1.165, 1.54) is 36.1 Å². The predicted octanol–water partition coefficient (Wildman–Crippen LogP) is 0.536. The van der Waals surface area contributed by atoms with Crippen LogP contribution in [0.25, 0.3) is 0 Å². The van der Waals surface area contributed by atoms with Crippen molar-refractivity contribution >= 4 is 5.91 Å². The van der Waals surface area contributed by atoms with Crippen LogP contribution < -0.4 is 10.9 Å². The number of aryl methyl sites for hydroxylation is 1. The van der Waals surface area contributed by atoms with E-state index in [9.17, 15) is 9.59 Å². The second-order valence-corrected chi connectivity index (χ2v) is 5.48. The van der Waals surface area contributed by atoms with E-state index < -0.39 is 0 Å². The minimum atomic E-state index is -0.251. The number of carbonyl (C=O) groups excluding carboxylic acids is 1. The van der Waals surface area contributed by atoms with Crippen molar-refractivity contribution in [1.29, 1.82) is 0 Å². The van der Waals surface area contributed by atoms with Crippen LogP contribution in [0.1, 0.15) is 35.8 Å². The quantitative estimate of drug-likeness (QED) is 0.870. The Bertz CT molecular complexity index is 752. The predicted molar refractivity (Wildman–Crippen MR) is 79.1 cm³/mol. The van der Waals surface area contributed by atoms with Gasteiger partial charge >= 0.3 is 0 Å². The molecule has 0 bridgehead atoms. The summed E-state index contributed by atoms with van der Waals surface area (Å²) in [6, 6.07) is 3.33. The molecule has 2 aromatic rings. The first-order valence-corrected chi connectivity index (χ1v) is 7.22. The SMILES string of the molecule is Cc1cc(=O)n(CC(=O)NCc2cc(C3CC3)ncn2)cn1. The molecular formula is C15H17N5O2. The third-order valence-corrected chi connectivity index (χ3v) is 3.54. The minimum Gasteiger partial charge on any atom is -0.349 e. The first kappa shape index (κ1) is 14.4. The molecule has 22 heavy (non-hydrogen) atoms. The van der Waals surface area contributed by atoms with E-state index in [0.29, 0.717) is 18.2 Å². The van der Waals surface area contributed by atoms with E-state index in [1.807, 2.05) is 6.07 Å². The minimum absolute atomic E-state index is 0.0489. The van der Waals surface area contributed by atoms with Crippen LogP contribution in [-0.4, -0.2) is 25.4 Å². The highest BCUT2D eigenvalue weighted by atomic mass is 16.2. The fraction of sp³-hybridized carbons (Fsp3) is 0.400. The number of hydrogen-bond donors (Lipinski definition) is 1. The van der Waals surface area contributed by atoms with Gasteiger partial charge in [0.2, 0.25) is 5.91 Å². The lowest BCUT2D eigenvalue weighted by atomic mass is 10.2. The van der Waals surface area contributed by atoms with Gasteiger partial charge in [0.15, 0.2) is 0 Å². The molecule has 1 aliphatic carbocycles. The van der Waals surface area contributed by atoms with Crippen LogP contribution in [0.15, 0.2) is 29.6 Å². The Balaban J connectivity index is 1.58. The highest BCUT2D eigenvalue weighted by molar-refractivity contribution is 5.75. The number of aromatic nitrogens is 4. The molecule has 7 nitrogen and oxygen atoms in total. The van der Waals surface area contributed by atoms with Gasteiger partial charge in [-0.15, -0.1) is 0 Å². The van der Waals surface area contributed by atoms with Crippen molar-refractivity contribution in [3.63, 3.8) is 0 Å². The highest BCUT2D eigenvalue weighted by Crippen LogP contribution is 2.38. The fourth-order valence-corrected chi connectivity index (χ4v) is 2.15. The zero-order valence-electron chi connectivity index (χ0n) is 12.3. The van der Waals surface area contributed by atoms with Crippen LogP contribution in [0, 0.1) is 6.92 Å². The zero-order valence-corrected chi connectivity index (χ0v) is 12.3. The molecule has 0 saturated heterocycles. The number of nitrogens with zero attached hydrogens (tertiary/aromatic N) is 4. The van der Waals surface area contributed by atoms with Gasteiger partial charge < -0.3 is 5.32 Å². The maximum Gasteiger partial charge on any atom is 0.253 e. The van der Waals surface area contributed by atoms with Crippen LogP contribution in [-0.2, 0) is 17.9 Å². The van der Waals surface area contributed by atoms with Gasteiger partial charge in [-0.05, 0) is 25.8 Å². The van der Waals surface area contributed by atoms with E-state index in [4.69, 9.17) is 0 Å². The van der Waals surface area contributed by atoms with Crippen molar-refractivity contribution < 1.29 is 4.79 Å². The Kier molecular flexibility index (Phi) is 3.95. The lowest BCUT2D eigenvalue weighted by Crippen LogP contribution is -2.32. The summed E-state index contributed by atoms with van der Waals surface area (Å²) in [4.78, 5) is 36.0. The van der Waals surface area contributed by atoms with E-state index in [0.717, 1.165) is 11.4 Å². The van der Waals surface area contributed by atoms with Crippen molar-refractivity contribution in [2.45, 2.75) is 38.8 Å². The molecule has 1 N–H and O–H groups in total. The largest absolute Gasteiger partial charge is 0.349 e. The number of amides is 1. The molecule has 114 valence electrons. The van der Waals surface area contributed by atoms with Crippen molar-refractivity contribution in [1.82, 2.24) is 24.8 Å². The lowest BCUT2D eigenvalue weighted by Gasteiger charge is -2.07. The van der Waals surface area contributed by atoms with Gasteiger partial charge in [-0.25, -0.2) is 15.0 Å². The maximum absolute atomic E-state index is 11.9. The molecule has 1 aliphatic rings. The molecule has 7 heteroatoms. The monoisotopic (exact) mass is 299 g/mol. The van der Waals surface area contributed by atoms with Gasteiger partial charge in [0.05, 0.1) is 18.6 Å². The second kappa shape index (κ2) is 6.05. The van der Waals surface area contributed by atoms with Gasteiger partial charge in [0.1, 0.15) is 12.9 Å². The van der Waals surface area contributed by atoms with Gasteiger partial charge in [-0.3, -0.25) is 14.2 Å². The van der Waals surface area contributed by atoms with Crippen LogP contribution in [0.4, 0.5) is 0 Å². The summed E-state index contributed by atoms with van der Waals surface area (Å²) < 4.78 is 1.28. The molecule has 1 amide bonds. The maximum atomic E-state index is 11.9. The first-order valence-electron chi connectivity index (χ1n) is 7.22. The third-order valence-electron chi connectivity index (χ3n) is 3.54. The summed E-state index contributed by atoms with van der Waals surface area (Å²) in [5.74, 6) is 0.300. The van der Waals surface area contributed by atoms with E-state index in [1.54, 1.807) is 6.92 Å². The van der Waals surface area contributed by atoms with Gasteiger partial charge in [0, 0.05) is 23.4 Å². The summed E-state index contributed by atoms with van der Waals surface area (Å²) in [5, 5.41) is 2.76. The van der Waals surface area contributed by atoms with Crippen molar-refractivity contribution in [3.05, 3.63) is 52.2 Å². The average molecular weight is 299 g/mol. The smallest absolute Gasteiger partial charge is 0.253 e. The first-order chi connectivity index (χ1) is 10.6. The Morgan fingerprint density at radius 1 is 1.32 bits per heavy atom. The van der Waals surface area contributed by atoms with Gasteiger partial charge in [-0.1, -0.05) is 0 Å². The molecule has 0 radical (unpaired) electrons. The number of rotatable bonds is 5. The topological polar surface area (TPSA) is 89.8 Å². The van der Waals surface area contributed by atoms with E-state index >= 15 is 0 Å². The Morgan fingerprint density at radius 3 is 2.86 bits per heavy atom. The van der Waals surface area contributed by atoms with Crippen LogP contribution in [0.2, 0.25) is 0 Å². The molecule has 0 unspecified atom stereocenters. The van der Waals surface area contributed by atoms with Crippen molar-refractivity contribution in [2.75, 3.05) is 0 Å². The highest BCUT2D eigenvalue weighted by Gasteiger charge is 2.25. The molecule has 1 fully saturated rings. The van der Waals surface area contributed by atoms with Crippen LogP contribution >= 0.6 is 0 Å². The standard InChI is InChI=1S/C15H17N5O2/c1-10-4-15(22)20(9-19-10)7-14(21)16-6-12-5-13(11-2-3-11)18-8-17-12/h4-5,8-9,11H,2-3,6-7H2,1H3,(H,16,21). The van der Waals surface area contributed by atoms with E-state index in [2.05, 4.69) is 20.3 Å². The van der Waals surface area contributed by atoms with Crippen LogP contribution in [0.5, 0.6) is 0 Å². The Hall–Kier alpha value is -2.57. The lowest BCUT2D eigenvalue weighted by molar-refractivity contribution is -0.121. The molecule has 0 spiro atoms. The Labute approximate surface area is 127 Å². The fourth-order valence-electron chi connectivity index (χ4n) is 2.15. The Morgan fingerprint density at radius 2 is 2.14 bits per heavy atom. The number of carbonyl (C=O) groups is 1. The molecule has 1 saturated carbocycles. The molecular weight excluding hydrogens is 282 g/mol. The summed E-state index contributed by atoms with van der Waals surface area (Å²) in [6.07, 6.45) is 5.26. The number of nitrogens with one attached hydrogen (secondary N) is 1. The molecule has 0 aliphatic heterocycles. The summed E-state index contributed by atoms with van der Waals surface area (Å²) in [7, 11) is 0. The zero-order chi connectivity index (χ0) is 15.5. The normalized spacial score (nSPS) is 13.9. The third kappa shape index (κ3) is 3.55. The molecule has 2 heterocycles. The average Bonchev–Trinajstić information content (AvgIpc) is 3.33. The second-order valence-electron chi connectivity index (χ2n) is 5.48. The van der Waals surface area contributed by atoms with Crippen LogP contribution in [0.3, 0.4) is 0 Å². The molecule has 0 atom stereocenters. The molecule has 2 aromatic heterocycles. The summed E-state index contributed by atoms with van der Waals surface area (Å²) in [6.45, 7) is 2.01. The molecule has 3 rings (SSSR count). The van der Waals surface area contributed by atoms with Gasteiger partial charge in [0.25, 0.3) is 5.56 Å². The van der Waals surface area contributed by atoms with Gasteiger partial charge in [-0.2, -0.15) is 0 Å². The molecule has 0 aromatic carbocycles. The van der Waals surface area contributed by atoms with Crippen molar-refractivity contribution in [2.24, 2.45) is 0 Å². The number of hydrogen-bond acceptors (Lipinski definition) is 5. The summed E-state index contributed by atoms with van der Waals surface area (Å²) in [5.41, 5.74) is 2.22. The van der Waals surface area contributed by atoms with E-state index in [-0.39, 0.29) is 18.0 Å². The summed E-state index contributed by atoms with van der Waals surface area (Å²) >= 11 is 0.